The van der Waals surface area contributed by atoms with Crippen LogP contribution < -0.4 is 5.73 Å². The molecule has 2 rings (SSSR count). The Morgan fingerprint density at radius 3 is 2.47 bits per heavy atom. The van der Waals surface area contributed by atoms with Crippen molar-refractivity contribution in [3.05, 3.63) is 47.5 Å². The van der Waals surface area contributed by atoms with Crippen molar-refractivity contribution >= 4 is 10.8 Å². The third-order valence-electron chi connectivity index (χ3n) is 2.72. The standard InChI is InChI=1S/C13H14FN/c1-9-6-7-12(13(14)8-15)11-5-3-2-4-10(9)11/h2-7,13H,8,15H2,1H3. The van der Waals surface area contributed by atoms with Crippen molar-refractivity contribution in [2.45, 2.75) is 13.1 Å². The van der Waals surface area contributed by atoms with Crippen LogP contribution >= 0.6 is 0 Å². The summed E-state index contributed by atoms with van der Waals surface area (Å²) in [4.78, 5) is 0. The second-order valence-corrected chi connectivity index (χ2v) is 3.72. The van der Waals surface area contributed by atoms with Gasteiger partial charge in [-0.1, -0.05) is 36.4 Å². The molecule has 15 heavy (non-hydrogen) atoms. The summed E-state index contributed by atoms with van der Waals surface area (Å²) in [5.74, 6) is 0. The highest BCUT2D eigenvalue weighted by molar-refractivity contribution is 5.88. The Labute approximate surface area is 88.7 Å². The average molecular weight is 203 g/mol. The monoisotopic (exact) mass is 203 g/mol. The van der Waals surface area contributed by atoms with Crippen molar-refractivity contribution in [1.82, 2.24) is 0 Å². The molecule has 1 atom stereocenters. The van der Waals surface area contributed by atoms with Crippen LogP contribution in [0.4, 0.5) is 4.39 Å². The lowest BCUT2D eigenvalue weighted by Crippen LogP contribution is -2.08. The molecule has 1 unspecified atom stereocenters. The number of nitrogens with two attached hydrogens (primary N) is 1. The minimum atomic E-state index is -1.07. The number of alkyl halides is 1. The number of hydrogen-bond acceptors (Lipinski definition) is 1. The molecule has 0 aromatic heterocycles. The molecule has 2 aromatic rings. The van der Waals surface area contributed by atoms with Crippen molar-refractivity contribution in [3.8, 4) is 0 Å². The molecule has 0 heterocycles. The molecule has 0 aliphatic carbocycles. The van der Waals surface area contributed by atoms with Crippen LogP contribution in [0.3, 0.4) is 0 Å². The molecule has 0 fully saturated rings. The van der Waals surface area contributed by atoms with Crippen molar-refractivity contribution < 1.29 is 4.39 Å². The topological polar surface area (TPSA) is 26.0 Å². The number of aryl methyl sites for hydroxylation is 1. The van der Waals surface area contributed by atoms with E-state index >= 15 is 0 Å². The van der Waals surface area contributed by atoms with Gasteiger partial charge in [-0.15, -0.1) is 0 Å². The van der Waals surface area contributed by atoms with Gasteiger partial charge in [0.25, 0.3) is 0 Å². The van der Waals surface area contributed by atoms with Crippen LogP contribution in [-0.2, 0) is 0 Å². The molecule has 1 nitrogen and oxygen atoms in total. The first kappa shape index (κ1) is 10.1. The lowest BCUT2D eigenvalue weighted by atomic mass is 9.98. The Bertz CT molecular complexity index is 479. The summed E-state index contributed by atoms with van der Waals surface area (Å²) in [6.07, 6.45) is -1.07. The van der Waals surface area contributed by atoms with Gasteiger partial charge in [-0.3, -0.25) is 0 Å². The van der Waals surface area contributed by atoms with Gasteiger partial charge in [0, 0.05) is 6.54 Å². The highest BCUT2D eigenvalue weighted by atomic mass is 19.1. The molecular weight excluding hydrogens is 189 g/mol. The van der Waals surface area contributed by atoms with Gasteiger partial charge in [0.1, 0.15) is 6.17 Å². The third-order valence-corrected chi connectivity index (χ3v) is 2.72. The maximum atomic E-state index is 13.6. The van der Waals surface area contributed by atoms with E-state index in [0.29, 0.717) is 5.56 Å². The molecule has 2 heteroatoms. The predicted molar refractivity (Wildman–Crippen MR) is 61.6 cm³/mol. The summed E-state index contributed by atoms with van der Waals surface area (Å²) in [5, 5.41) is 2.07. The zero-order valence-electron chi connectivity index (χ0n) is 8.70. The van der Waals surface area contributed by atoms with E-state index in [-0.39, 0.29) is 6.54 Å². The summed E-state index contributed by atoms with van der Waals surface area (Å²) in [6.45, 7) is 2.06. The van der Waals surface area contributed by atoms with Gasteiger partial charge >= 0.3 is 0 Å². The van der Waals surface area contributed by atoms with Gasteiger partial charge in [0.05, 0.1) is 0 Å². The van der Waals surface area contributed by atoms with Crippen LogP contribution in [0.5, 0.6) is 0 Å². The van der Waals surface area contributed by atoms with Gasteiger partial charge < -0.3 is 5.73 Å². The molecule has 0 amide bonds. The lowest BCUT2D eigenvalue weighted by molar-refractivity contribution is 0.355. The van der Waals surface area contributed by atoms with Crippen molar-refractivity contribution in [1.29, 1.82) is 0 Å². The smallest absolute Gasteiger partial charge is 0.138 e. The molecule has 0 bridgehead atoms. The molecule has 0 aliphatic rings. The fraction of sp³-hybridized carbons (Fsp3) is 0.231. The number of benzene rings is 2. The Hall–Kier alpha value is -1.41. The zero-order valence-corrected chi connectivity index (χ0v) is 8.70. The second-order valence-electron chi connectivity index (χ2n) is 3.72. The van der Waals surface area contributed by atoms with Gasteiger partial charge in [-0.25, -0.2) is 4.39 Å². The lowest BCUT2D eigenvalue weighted by Gasteiger charge is -2.11. The van der Waals surface area contributed by atoms with E-state index in [4.69, 9.17) is 5.73 Å². The normalized spacial score (nSPS) is 13.0. The minimum absolute atomic E-state index is 0.0348. The molecule has 0 saturated carbocycles. The fourth-order valence-electron chi connectivity index (χ4n) is 1.87. The molecule has 0 spiro atoms. The first-order valence-corrected chi connectivity index (χ1v) is 5.06. The first-order valence-electron chi connectivity index (χ1n) is 5.06. The average Bonchev–Trinajstić information content (AvgIpc) is 2.29. The van der Waals surface area contributed by atoms with E-state index in [1.807, 2.05) is 43.3 Å². The van der Waals surface area contributed by atoms with E-state index in [9.17, 15) is 4.39 Å². The molecule has 0 aliphatic heterocycles. The van der Waals surface area contributed by atoms with Crippen LogP contribution in [0, 0.1) is 6.92 Å². The predicted octanol–water partition coefficient (Wildman–Crippen LogP) is 3.12. The van der Waals surface area contributed by atoms with Crippen LogP contribution in [-0.4, -0.2) is 6.54 Å². The van der Waals surface area contributed by atoms with E-state index < -0.39 is 6.17 Å². The van der Waals surface area contributed by atoms with E-state index in [1.54, 1.807) is 0 Å². The SMILES string of the molecule is Cc1ccc(C(F)CN)c2ccccc12. The zero-order chi connectivity index (χ0) is 10.8. The van der Waals surface area contributed by atoms with Crippen molar-refractivity contribution in [2.75, 3.05) is 6.54 Å². The molecular formula is C13H14FN. The molecule has 2 N–H and O–H groups in total. The maximum Gasteiger partial charge on any atom is 0.138 e. The van der Waals surface area contributed by atoms with Crippen LogP contribution in [0.1, 0.15) is 17.3 Å². The van der Waals surface area contributed by atoms with E-state index in [2.05, 4.69) is 0 Å². The van der Waals surface area contributed by atoms with E-state index in [1.165, 1.54) is 5.56 Å². The summed E-state index contributed by atoms with van der Waals surface area (Å²) < 4.78 is 13.6. The Kier molecular flexibility index (Phi) is 2.69. The number of fused-ring (bicyclic) bond motifs is 1. The Morgan fingerprint density at radius 1 is 1.13 bits per heavy atom. The minimum Gasteiger partial charge on any atom is -0.327 e. The highest BCUT2D eigenvalue weighted by Crippen LogP contribution is 2.28. The third kappa shape index (κ3) is 1.73. The van der Waals surface area contributed by atoms with Crippen LogP contribution in [0.2, 0.25) is 0 Å². The molecule has 0 saturated heterocycles. The molecule has 78 valence electrons. The van der Waals surface area contributed by atoms with Crippen molar-refractivity contribution in [2.24, 2.45) is 5.73 Å². The first-order chi connectivity index (χ1) is 7.24. The van der Waals surface area contributed by atoms with Gasteiger partial charge in [-0.2, -0.15) is 0 Å². The maximum absolute atomic E-state index is 13.6. The largest absolute Gasteiger partial charge is 0.327 e. The second kappa shape index (κ2) is 3.99. The molecule has 2 aromatic carbocycles. The molecule has 0 radical (unpaired) electrons. The quantitative estimate of drug-likeness (QED) is 0.797. The number of hydrogen-bond donors (Lipinski definition) is 1. The Balaban J connectivity index is 2.71. The van der Waals surface area contributed by atoms with Gasteiger partial charge in [0.2, 0.25) is 0 Å². The number of halogens is 1. The highest BCUT2D eigenvalue weighted by Gasteiger charge is 2.11. The summed E-state index contributed by atoms with van der Waals surface area (Å²) in [6, 6.07) is 11.6. The van der Waals surface area contributed by atoms with Gasteiger partial charge in [0.15, 0.2) is 0 Å². The summed E-state index contributed by atoms with van der Waals surface area (Å²) in [7, 11) is 0. The van der Waals surface area contributed by atoms with Crippen molar-refractivity contribution in [3.63, 3.8) is 0 Å². The fourth-order valence-corrected chi connectivity index (χ4v) is 1.87. The van der Waals surface area contributed by atoms with Crippen LogP contribution in [0.15, 0.2) is 36.4 Å². The number of rotatable bonds is 2. The van der Waals surface area contributed by atoms with E-state index in [0.717, 1.165) is 10.8 Å². The Morgan fingerprint density at radius 2 is 1.80 bits per heavy atom. The van der Waals surface area contributed by atoms with Gasteiger partial charge in [-0.05, 0) is 28.8 Å². The summed E-state index contributed by atoms with van der Waals surface area (Å²) >= 11 is 0. The summed E-state index contributed by atoms with van der Waals surface area (Å²) in [5.41, 5.74) is 7.22. The van der Waals surface area contributed by atoms with Crippen LogP contribution in [0.25, 0.3) is 10.8 Å².